The van der Waals surface area contributed by atoms with Gasteiger partial charge in [0.15, 0.2) is 0 Å². The lowest BCUT2D eigenvalue weighted by molar-refractivity contribution is 0.484. The highest BCUT2D eigenvalue weighted by atomic mass is 32.2. The van der Waals surface area contributed by atoms with E-state index in [1.165, 1.54) is 11.6 Å². The maximum Gasteiger partial charge on any atom is 0.295 e. The molecule has 0 atom stereocenters. The fraction of sp³-hybridized carbons (Fsp3) is 0.0476. The van der Waals surface area contributed by atoms with E-state index in [0.717, 1.165) is 21.8 Å². The first-order chi connectivity index (χ1) is 12.4. The quantitative estimate of drug-likeness (QED) is 0.288. The lowest BCUT2D eigenvalue weighted by Crippen LogP contribution is -1.99. The maximum atomic E-state index is 11.4. The minimum Gasteiger partial charge on any atom is -0.399 e. The highest BCUT2D eigenvalue weighted by Crippen LogP contribution is 2.30. The third-order valence-corrected chi connectivity index (χ3v) is 4.98. The average Bonchev–Trinajstić information content (AvgIpc) is 2.63. The van der Waals surface area contributed by atoms with Crippen LogP contribution in [-0.4, -0.2) is 13.0 Å². The predicted molar refractivity (Wildman–Crippen MR) is 107 cm³/mol. The van der Waals surface area contributed by atoms with Crippen molar-refractivity contribution >= 4 is 37.4 Å². The standard InChI is InChI=1S/C14H10O3S.C7H9N/c15-18(16,17)14-9-10-5-1-2-6-11(10)12-7-3-4-8-13(12)14;1-6-2-4-7(8)5-3-6/h1-9H,(H,15,16,17);2-5H,8H2,1H3. The largest absolute Gasteiger partial charge is 0.399 e. The van der Waals surface area contributed by atoms with Gasteiger partial charge in [-0.05, 0) is 41.3 Å². The van der Waals surface area contributed by atoms with E-state index in [4.69, 9.17) is 5.73 Å². The lowest BCUT2D eigenvalue weighted by Gasteiger charge is -2.08. The predicted octanol–water partition coefficient (Wildman–Crippen LogP) is 4.82. The van der Waals surface area contributed by atoms with E-state index in [-0.39, 0.29) is 4.90 Å². The Morgan fingerprint density at radius 3 is 1.88 bits per heavy atom. The number of fused-ring (bicyclic) bond motifs is 3. The minimum atomic E-state index is -4.22. The molecule has 0 bridgehead atoms. The van der Waals surface area contributed by atoms with Crippen LogP contribution >= 0.6 is 0 Å². The highest BCUT2D eigenvalue weighted by Gasteiger charge is 2.15. The van der Waals surface area contributed by atoms with Crippen molar-refractivity contribution in [3.63, 3.8) is 0 Å². The van der Waals surface area contributed by atoms with E-state index in [9.17, 15) is 13.0 Å². The number of benzene rings is 4. The molecule has 0 heterocycles. The number of nitrogens with two attached hydrogens (primary N) is 1. The Morgan fingerprint density at radius 2 is 1.31 bits per heavy atom. The Bertz CT molecular complexity index is 1150. The van der Waals surface area contributed by atoms with Crippen molar-refractivity contribution in [1.29, 1.82) is 0 Å². The molecule has 0 aliphatic heterocycles. The van der Waals surface area contributed by atoms with Crippen molar-refractivity contribution in [3.05, 3.63) is 84.4 Å². The van der Waals surface area contributed by atoms with Crippen LogP contribution in [0.2, 0.25) is 0 Å². The van der Waals surface area contributed by atoms with Crippen molar-refractivity contribution in [2.45, 2.75) is 11.8 Å². The van der Waals surface area contributed by atoms with E-state index < -0.39 is 10.1 Å². The third kappa shape index (κ3) is 3.85. The highest BCUT2D eigenvalue weighted by molar-refractivity contribution is 7.86. The normalized spacial score (nSPS) is 11.2. The first-order valence-electron chi connectivity index (χ1n) is 8.06. The first-order valence-corrected chi connectivity index (χ1v) is 9.50. The van der Waals surface area contributed by atoms with Crippen LogP contribution in [0.25, 0.3) is 21.5 Å². The van der Waals surface area contributed by atoms with Crippen LogP contribution in [0.4, 0.5) is 5.69 Å². The summed E-state index contributed by atoms with van der Waals surface area (Å²) in [7, 11) is -4.22. The number of aryl methyl sites for hydroxylation is 1. The van der Waals surface area contributed by atoms with Crippen molar-refractivity contribution in [3.8, 4) is 0 Å². The van der Waals surface area contributed by atoms with Gasteiger partial charge < -0.3 is 5.73 Å². The van der Waals surface area contributed by atoms with Gasteiger partial charge in [-0.1, -0.05) is 66.2 Å². The molecule has 5 heteroatoms. The van der Waals surface area contributed by atoms with Gasteiger partial charge in [-0.25, -0.2) is 0 Å². The van der Waals surface area contributed by atoms with Gasteiger partial charge >= 0.3 is 0 Å². The molecule has 0 aromatic heterocycles. The van der Waals surface area contributed by atoms with Crippen LogP contribution < -0.4 is 5.73 Å². The van der Waals surface area contributed by atoms with Gasteiger partial charge in [0.05, 0.1) is 0 Å². The Hall–Kier alpha value is -2.89. The van der Waals surface area contributed by atoms with Crippen LogP contribution in [0.15, 0.2) is 83.8 Å². The molecule has 132 valence electrons. The Kier molecular flexibility index (Phi) is 4.93. The van der Waals surface area contributed by atoms with E-state index in [1.54, 1.807) is 12.1 Å². The molecule has 0 fully saturated rings. The van der Waals surface area contributed by atoms with Crippen LogP contribution in [0.5, 0.6) is 0 Å². The van der Waals surface area contributed by atoms with Gasteiger partial charge in [0.2, 0.25) is 0 Å². The van der Waals surface area contributed by atoms with E-state index in [2.05, 4.69) is 0 Å². The molecule has 0 unspecified atom stereocenters. The van der Waals surface area contributed by atoms with Crippen molar-refractivity contribution in [1.82, 2.24) is 0 Å². The average molecular weight is 365 g/mol. The molecule has 0 saturated heterocycles. The number of hydrogen-bond acceptors (Lipinski definition) is 3. The molecule has 4 rings (SSSR count). The summed E-state index contributed by atoms with van der Waals surface area (Å²) >= 11 is 0. The fourth-order valence-corrected chi connectivity index (χ4v) is 3.53. The lowest BCUT2D eigenvalue weighted by atomic mass is 10.0. The van der Waals surface area contributed by atoms with Gasteiger partial charge in [0, 0.05) is 11.1 Å². The summed E-state index contributed by atoms with van der Waals surface area (Å²) in [5.41, 5.74) is 7.51. The molecule has 26 heavy (non-hydrogen) atoms. The SMILES string of the molecule is Cc1ccc(N)cc1.O=S(=O)(O)c1cc2ccccc2c2ccccc12. The maximum absolute atomic E-state index is 11.4. The summed E-state index contributed by atoms with van der Waals surface area (Å²) in [6, 6.07) is 24.0. The van der Waals surface area contributed by atoms with E-state index in [1.807, 2.05) is 67.6 Å². The zero-order valence-electron chi connectivity index (χ0n) is 14.3. The number of rotatable bonds is 1. The summed E-state index contributed by atoms with van der Waals surface area (Å²) in [6.07, 6.45) is 0. The zero-order chi connectivity index (χ0) is 18.7. The topological polar surface area (TPSA) is 80.4 Å². The summed E-state index contributed by atoms with van der Waals surface area (Å²) in [5.74, 6) is 0. The van der Waals surface area contributed by atoms with Gasteiger partial charge in [0.25, 0.3) is 10.1 Å². The van der Waals surface area contributed by atoms with Crippen LogP contribution in [0.3, 0.4) is 0 Å². The molecule has 0 saturated carbocycles. The second-order valence-electron chi connectivity index (χ2n) is 6.03. The summed E-state index contributed by atoms with van der Waals surface area (Å²) in [4.78, 5) is -0.0446. The minimum absolute atomic E-state index is 0.0446. The first kappa shape index (κ1) is 17.9. The molecular weight excluding hydrogens is 346 g/mol. The fourth-order valence-electron chi connectivity index (χ4n) is 2.80. The molecule has 0 aliphatic rings. The van der Waals surface area contributed by atoms with Gasteiger partial charge in [-0.2, -0.15) is 8.42 Å². The van der Waals surface area contributed by atoms with Crippen LogP contribution in [0.1, 0.15) is 5.56 Å². The zero-order valence-corrected chi connectivity index (χ0v) is 15.1. The third-order valence-electron chi connectivity index (χ3n) is 4.09. The second kappa shape index (κ2) is 7.15. The Balaban J connectivity index is 0.000000206. The van der Waals surface area contributed by atoms with Crippen LogP contribution in [0, 0.1) is 6.92 Å². The van der Waals surface area contributed by atoms with Crippen LogP contribution in [-0.2, 0) is 10.1 Å². The molecule has 0 spiro atoms. The smallest absolute Gasteiger partial charge is 0.295 e. The monoisotopic (exact) mass is 365 g/mol. The Labute approximate surface area is 152 Å². The van der Waals surface area contributed by atoms with E-state index >= 15 is 0 Å². The summed E-state index contributed by atoms with van der Waals surface area (Å²) in [5, 5.41) is 3.13. The van der Waals surface area contributed by atoms with Crippen molar-refractivity contribution < 1.29 is 13.0 Å². The van der Waals surface area contributed by atoms with Crippen molar-refractivity contribution in [2.24, 2.45) is 0 Å². The molecule has 3 N–H and O–H groups in total. The summed E-state index contributed by atoms with van der Waals surface area (Å²) < 4.78 is 32.2. The molecule has 4 aromatic rings. The van der Waals surface area contributed by atoms with Crippen molar-refractivity contribution in [2.75, 3.05) is 5.73 Å². The Morgan fingerprint density at radius 1 is 0.769 bits per heavy atom. The van der Waals surface area contributed by atoms with E-state index in [0.29, 0.717) is 5.39 Å². The molecule has 0 radical (unpaired) electrons. The molecule has 0 amide bonds. The van der Waals surface area contributed by atoms with Gasteiger partial charge in [-0.15, -0.1) is 0 Å². The molecule has 4 nitrogen and oxygen atoms in total. The number of anilines is 1. The van der Waals surface area contributed by atoms with Gasteiger partial charge in [-0.3, -0.25) is 4.55 Å². The molecular formula is C21H19NO3S. The second-order valence-corrected chi connectivity index (χ2v) is 7.42. The number of nitrogen functional groups attached to an aromatic ring is 1. The van der Waals surface area contributed by atoms with Gasteiger partial charge in [0.1, 0.15) is 4.90 Å². The molecule has 0 aliphatic carbocycles. The molecule has 4 aromatic carbocycles. The summed E-state index contributed by atoms with van der Waals surface area (Å²) in [6.45, 7) is 2.04. The number of hydrogen-bond donors (Lipinski definition) is 2.